The average molecular weight is 240 g/mol. The van der Waals surface area contributed by atoms with Crippen LogP contribution in [0.5, 0.6) is 0 Å². The highest BCUT2D eigenvalue weighted by Crippen LogP contribution is 2.38. The first-order chi connectivity index (χ1) is 8.13. The van der Waals surface area contributed by atoms with Crippen LogP contribution in [0.25, 0.3) is 0 Å². The lowest BCUT2D eigenvalue weighted by atomic mass is 9.98. The van der Waals surface area contributed by atoms with Crippen LogP contribution in [-0.2, 0) is 9.53 Å². The standard InChI is InChI=1S/C13H24N2O2/c1-3-8(2)11(14)13(16)15-10-6-7-17-12(10)9-4-5-9/h8-12H,3-7,14H2,1-2H3,(H,15,16). The van der Waals surface area contributed by atoms with Gasteiger partial charge < -0.3 is 15.8 Å². The van der Waals surface area contributed by atoms with Crippen LogP contribution in [0.1, 0.15) is 39.5 Å². The summed E-state index contributed by atoms with van der Waals surface area (Å²) in [4.78, 5) is 12.0. The number of nitrogens with two attached hydrogens (primary N) is 1. The first-order valence-electron chi connectivity index (χ1n) is 6.81. The highest BCUT2D eigenvalue weighted by atomic mass is 16.5. The van der Waals surface area contributed by atoms with E-state index in [1.807, 2.05) is 6.92 Å². The molecule has 0 bridgehead atoms. The number of hydrogen-bond donors (Lipinski definition) is 2. The van der Waals surface area contributed by atoms with Crippen molar-refractivity contribution in [3.05, 3.63) is 0 Å². The van der Waals surface area contributed by atoms with Gasteiger partial charge in [0.05, 0.1) is 18.2 Å². The Hall–Kier alpha value is -0.610. The van der Waals surface area contributed by atoms with E-state index in [0.29, 0.717) is 5.92 Å². The molecule has 4 nitrogen and oxygen atoms in total. The minimum absolute atomic E-state index is 0.0134. The van der Waals surface area contributed by atoms with E-state index in [1.54, 1.807) is 0 Å². The van der Waals surface area contributed by atoms with Crippen molar-refractivity contribution in [1.29, 1.82) is 0 Å². The molecule has 4 unspecified atom stereocenters. The third kappa shape index (κ3) is 2.99. The van der Waals surface area contributed by atoms with Crippen molar-refractivity contribution in [3.8, 4) is 0 Å². The molecule has 1 saturated heterocycles. The van der Waals surface area contributed by atoms with Gasteiger partial charge in [0.2, 0.25) is 5.91 Å². The van der Waals surface area contributed by atoms with E-state index < -0.39 is 0 Å². The van der Waals surface area contributed by atoms with E-state index >= 15 is 0 Å². The SMILES string of the molecule is CCC(C)C(N)C(=O)NC1CCOC1C1CC1. The summed E-state index contributed by atoms with van der Waals surface area (Å²) >= 11 is 0. The van der Waals surface area contributed by atoms with E-state index in [4.69, 9.17) is 10.5 Å². The van der Waals surface area contributed by atoms with Gasteiger partial charge in [-0.15, -0.1) is 0 Å². The molecule has 2 rings (SSSR count). The molecule has 0 aromatic heterocycles. The summed E-state index contributed by atoms with van der Waals surface area (Å²) in [5.41, 5.74) is 5.93. The maximum Gasteiger partial charge on any atom is 0.237 e. The summed E-state index contributed by atoms with van der Waals surface area (Å²) in [6.45, 7) is 4.85. The molecule has 98 valence electrons. The molecule has 3 N–H and O–H groups in total. The van der Waals surface area contributed by atoms with Gasteiger partial charge in [-0.2, -0.15) is 0 Å². The summed E-state index contributed by atoms with van der Waals surface area (Å²) in [6, 6.07) is -0.203. The Morgan fingerprint density at radius 2 is 2.18 bits per heavy atom. The van der Waals surface area contributed by atoms with Crippen LogP contribution >= 0.6 is 0 Å². The number of carbonyl (C=O) groups excluding carboxylic acids is 1. The summed E-state index contributed by atoms with van der Waals surface area (Å²) in [7, 11) is 0. The maximum absolute atomic E-state index is 12.0. The number of amides is 1. The quantitative estimate of drug-likeness (QED) is 0.755. The molecule has 1 saturated carbocycles. The minimum Gasteiger partial charge on any atom is -0.376 e. The molecule has 0 aromatic carbocycles. The summed E-state index contributed by atoms with van der Waals surface area (Å²) < 4.78 is 5.70. The topological polar surface area (TPSA) is 64.4 Å². The second kappa shape index (κ2) is 5.36. The van der Waals surface area contributed by atoms with Crippen molar-refractivity contribution in [1.82, 2.24) is 5.32 Å². The lowest BCUT2D eigenvalue weighted by Gasteiger charge is -2.23. The minimum atomic E-state index is -0.388. The molecule has 1 amide bonds. The van der Waals surface area contributed by atoms with Gasteiger partial charge in [-0.25, -0.2) is 0 Å². The number of rotatable bonds is 5. The van der Waals surface area contributed by atoms with Crippen molar-refractivity contribution in [2.45, 2.75) is 57.7 Å². The summed E-state index contributed by atoms with van der Waals surface area (Å²) in [5, 5.41) is 3.08. The van der Waals surface area contributed by atoms with Gasteiger partial charge in [0.1, 0.15) is 0 Å². The number of ether oxygens (including phenoxy) is 1. The molecular formula is C13H24N2O2. The molecule has 17 heavy (non-hydrogen) atoms. The smallest absolute Gasteiger partial charge is 0.237 e. The van der Waals surface area contributed by atoms with Crippen molar-refractivity contribution in [3.63, 3.8) is 0 Å². The highest BCUT2D eigenvalue weighted by Gasteiger charge is 2.41. The molecule has 2 fully saturated rings. The van der Waals surface area contributed by atoms with Crippen molar-refractivity contribution in [2.24, 2.45) is 17.6 Å². The van der Waals surface area contributed by atoms with Gasteiger partial charge in [-0.05, 0) is 31.1 Å². The molecule has 0 spiro atoms. The normalized spacial score (nSPS) is 32.2. The van der Waals surface area contributed by atoms with Crippen LogP contribution in [-0.4, -0.2) is 30.7 Å². The maximum atomic E-state index is 12.0. The summed E-state index contributed by atoms with van der Waals surface area (Å²) in [5.74, 6) is 0.889. The Bertz CT molecular complexity index is 279. The van der Waals surface area contributed by atoms with E-state index in [-0.39, 0.29) is 30.0 Å². The summed E-state index contributed by atoms with van der Waals surface area (Å²) in [6.07, 6.45) is 4.59. The Balaban J connectivity index is 1.84. The fourth-order valence-electron chi connectivity index (χ4n) is 2.45. The second-order valence-corrected chi connectivity index (χ2v) is 5.49. The van der Waals surface area contributed by atoms with E-state index in [0.717, 1.165) is 19.4 Å². The third-order valence-electron chi connectivity index (χ3n) is 4.11. The van der Waals surface area contributed by atoms with Crippen LogP contribution in [0.2, 0.25) is 0 Å². The fourth-order valence-corrected chi connectivity index (χ4v) is 2.45. The largest absolute Gasteiger partial charge is 0.376 e. The Kier molecular flexibility index (Phi) is 4.05. The molecule has 1 heterocycles. The van der Waals surface area contributed by atoms with Gasteiger partial charge in [-0.3, -0.25) is 4.79 Å². The predicted molar refractivity (Wildman–Crippen MR) is 66.4 cm³/mol. The van der Waals surface area contributed by atoms with E-state index in [9.17, 15) is 4.79 Å². The Morgan fingerprint density at radius 1 is 1.47 bits per heavy atom. The van der Waals surface area contributed by atoms with Crippen molar-refractivity contribution >= 4 is 5.91 Å². The highest BCUT2D eigenvalue weighted by molar-refractivity contribution is 5.82. The third-order valence-corrected chi connectivity index (χ3v) is 4.11. The fraction of sp³-hybridized carbons (Fsp3) is 0.923. The molecule has 4 heteroatoms. The van der Waals surface area contributed by atoms with Crippen LogP contribution < -0.4 is 11.1 Å². The molecule has 2 aliphatic rings. The Labute approximate surface area is 103 Å². The van der Waals surface area contributed by atoms with E-state index in [2.05, 4.69) is 12.2 Å². The van der Waals surface area contributed by atoms with Gasteiger partial charge in [0, 0.05) is 6.61 Å². The predicted octanol–water partition coefficient (Wildman–Crippen LogP) is 1.04. The molecule has 1 aliphatic heterocycles. The monoisotopic (exact) mass is 240 g/mol. The van der Waals surface area contributed by atoms with Gasteiger partial charge in [-0.1, -0.05) is 20.3 Å². The zero-order chi connectivity index (χ0) is 12.4. The van der Waals surface area contributed by atoms with Gasteiger partial charge in [0.25, 0.3) is 0 Å². The van der Waals surface area contributed by atoms with Crippen LogP contribution in [0.15, 0.2) is 0 Å². The van der Waals surface area contributed by atoms with Crippen LogP contribution in [0.4, 0.5) is 0 Å². The Morgan fingerprint density at radius 3 is 2.76 bits per heavy atom. The number of carbonyl (C=O) groups is 1. The number of hydrogen-bond acceptors (Lipinski definition) is 3. The first kappa shape index (κ1) is 12.8. The van der Waals surface area contributed by atoms with Crippen molar-refractivity contribution in [2.75, 3.05) is 6.61 Å². The zero-order valence-corrected chi connectivity index (χ0v) is 10.8. The average Bonchev–Trinajstić information content (AvgIpc) is 3.08. The van der Waals surface area contributed by atoms with Crippen molar-refractivity contribution < 1.29 is 9.53 Å². The molecule has 0 radical (unpaired) electrons. The first-order valence-corrected chi connectivity index (χ1v) is 6.81. The van der Waals surface area contributed by atoms with Crippen LogP contribution in [0, 0.1) is 11.8 Å². The van der Waals surface area contributed by atoms with Crippen LogP contribution in [0.3, 0.4) is 0 Å². The van der Waals surface area contributed by atoms with Gasteiger partial charge in [0.15, 0.2) is 0 Å². The molecule has 0 aromatic rings. The second-order valence-electron chi connectivity index (χ2n) is 5.49. The molecule has 4 atom stereocenters. The number of nitrogens with one attached hydrogen (secondary N) is 1. The molecule has 1 aliphatic carbocycles. The zero-order valence-electron chi connectivity index (χ0n) is 10.8. The molecular weight excluding hydrogens is 216 g/mol. The lowest BCUT2D eigenvalue weighted by Crippen LogP contribution is -2.50. The lowest BCUT2D eigenvalue weighted by molar-refractivity contribution is -0.124. The van der Waals surface area contributed by atoms with Gasteiger partial charge >= 0.3 is 0 Å². The van der Waals surface area contributed by atoms with E-state index in [1.165, 1.54) is 12.8 Å².